The molecule has 0 bridgehead atoms. The molecule has 1 amide bonds. The number of hydrogen-bond donors (Lipinski definition) is 0. The van der Waals surface area contributed by atoms with Crippen LogP contribution in [0.5, 0.6) is 0 Å². The number of rotatable bonds is 4. The van der Waals surface area contributed by atoms with Gasteiger partial charge in [-0.15, -0.1) is 0 Å². The first kappa shape index (κ1) is 16.4. The smallest absolute Gasteiger partial charge is 0.295 e. The summed E-state index contributed by atoms with van der Waals surface area (Å²) in [7, 11) is 0. The molecule has 0 aliphatic carbocycles. The van der Waals surface area contributed by atoms with Crippen molar-refractivity contribution in [3.63, 3.8) is 0 Å². The van der Waals surface area contributed by atoms with E-state index in [2.05, 4.69) is 15.9 Å². The Morgan fingerprint density at radius 3 is 2.25 bits per heavy atom. The van der Waals surface area contributed by atoms with E-state index in [-0.39, 0.29) is 0 Å². The molecule has 122 valence electrons. The van der Waals surface area contributed by atoms with Crippen LogP contribution in [-0.4, -0.2) is 17.7 Å². The minimum Gasteiger partial charge on any atom is -0.550 e. The number of para-hydroxylation sites is 1. The third-order valence-electron chi connectivity index (χ3n) is 4.06. The third-order valence-corrected chi connectivity index (χ3v) is 4.59. The molecule has 0 radical (unpaired) electrons. The number of benzene rings is 2. The van der Waals surface area contributed by atoms with Crippen molar-refractivity contribution in [2.45, 2.75) is 12.5 Å². The lowest BCUT2D eigenvalue weighted by atomic mass is 9.90. The van der Waals surface area contributed by atoms with Crippen molar-refractivity contribution >= 4 is 39.3 Å². The number of halogens is 1. The van der Waals surface area contributed by atoms with E-state index >= 15 is 0 Å². The minimum atomic E-state index is -1.35. The lowest BCUT2D eigenvalue weighted by molar-refractivity contribution is -0.306. The number of amides is 1. The Bertz CT molecular complexity index is 788. The lowest BCUT2D eigenvalue weighted by Crippen LogP contribution is -2.31. The summed E-state index contributed by atoms with van der Waals surface area (Å²) in [4.78, 5) is 37.3. The van der Waals surface area contributed by atoms with Gasteiger partial charge in [-0.1, -0.05) is 46.3 Å². The average Bonchev–Trinajstić information content (AvgIpc) is 2.81. The van der Waals surface area contributed by atoms with Crippen LogP contribution in [0.1, 0.15) is 18.0 Å². The normalized spacial score (nSPS) is 20.5. The van der Waals surface area contributed by atoms with Gasteiger partial charge >= 0.3 is 0 Å². The predicted molar refractivity (Wildman–Crippen MR) is 88.9 cm³/mol. The van der Waals surface area contributed by atoms with Crippen molar-refractivity contribution in [3.05, 3.63) is 64.6 Å². The number of carbonyl (C=O) groups excluding carboxylic acids is 3. The van der Waals surface area contributed by atoms with Gasteiger partial charge in [-0.25, -0.2) is 0 Å². The van der Waals surface area contributed by atoms with Crippen molar-refractivity contribution in [1.82, 2.24) is 0 Å². The number of carbonyl (C=O) groups is 3. The lowest BCUT2D eigenvalue weighted by Gasteiger charge is -2.28. The number of anilines is 1. The van der Waals surface area contributed by atoms with Gasteiger partial charge in [0.2, 0.25) is 5.78 Å². The molecule has 0 spiro atoms. The Labute approximate surface area is 147 Å². The zero-order chi connectivity index (χ0) is 17.3. The highest BCUT2D eigenvalue weighted by Crippen LogP contribution is 2.41. The van der Waals surface area contributed by atoms with Crippen LogP contribution < -0.4 is 10.0 Å². The van der Waals surface area contributed by atoms with Gasteiger partial charge in [0.05, 0.1) is 12.0 Å². The summed E-state index contributed by atoms with van der Waals surface area (Å²) in [6, 6.07) is 15.2. The first-order valence-corrected chi connectivity index (χ1v) is 8.16. The van der Waals surface area contributed by atoms with Crippen molar-refractivity contribution in [2.75, 3.05) is 4.90 Å². The van der Waals surface area contributed by atoms with E-state index < -0.39 is 36.0 Å². The maximum absolute atomic E-state index is 12.5. The molecule has 0 saturated carbocycles. The molecule has 1 saturated heterocycles. The van der Waals surface area contributed by atoms with Gasteiger partial charge in [-0.2, -0.15) is 0 Å². The topological polar surface area (TPSA) is 77.5 Å². The molecule has 2 aromatic rings. The predicted octanol–water partition coefficient (Wildman–Crippen LogP) is 1.86. The van der Waals surface area contributed by atoms with Gasteiger partial charge in [0, 0.05) is 16.1 Å². The first-order valence-electron chi connectivity index (χ1n) is 7.37. The molecule has 1 fully saturated rings. The molecule has 1 aliphatic heterocycles. The highest BCUT2D eigenvalue weighted by Gasteiger charge is 2.48. The Hall–Kier alpha value is -2.47. The van der Waals surface area contributed by atoms with Crippen LogP contribution in [0.25, 0.3) is 0 Å². The summed E-state index contributed by atoms with van der Waals surface area (Å²) in [5.41, 5.74) is 1.26. The largest absolute Gasteiger partial charge is 0.550 e. The molecule has 2 aromatic carbocycles. The summed E-state index contributed by atoms with van der Waals surface area (Å²) in [5, 5.41) is 11.1. The number of carboxylic acids is 1. The fourth-order valence-electron chi connectivity index (χ4n) is 3.02. The van der Waals surface area contributed by atoms with E-state index in [1.165, 1.54) is 4.90 Å². The maximum Gasteiger partial charge on any atom is 0.295 e. The fourth-order valence-corrected chi connectivity index (χ4v) is 3.28. The van der Waals surface area contributed by atoms with Crippen LogP contribution in [0.4, 0.5) is 5.69 Å². The molecule has 0 aromatic heterocycles. The molecular formula is C18H13BrNO4-. The minimum absolute atomic E-state index is 0.491. The molecule has 5 nitrogen and oxygen atoms in total. The summed E-state index contributed by atoms with van der Waals surface area (Å²) in [5.74, 6) is -3.71. The monoisotopic (exact) mass is 386 g/mol. The Morgan fingerprint density at radius 1 is 1.04 bits per heavy atom. The van der Waals surface area contributed by atoms with E-state index in [9.17, 15) is 19.5 Å². The fraction of sp³-hybridized carbons (Fsp3) is 0.167. The Kier molecular flexibility index (Phi) is 4.49. The summed E-state index contributed by atoms with van der Waals surface area (Å²) in [6.45, 7) is 0. The van der Waals surface area contributed by atoms with Gasteiger partial charge in [0.1, 0.15) is 0 Å². The quantitative estimate of drug-likeness (QED) is 0.751. The van der Waals surface area contributed by atoms with E-state index in [1.54, 1.807) is 54.6 Å². The van der Waals surface area contributed by atoms with Crippen LogP contribution in [0.15, 0.2) is 59.1 Å². The van der Waals surface area contributed by atoms with Crippen molar-refractivity contribution < 1.29 is 19.5 Å². The molecule has 0 N–H and O–H groups in total. The Morgan fingerprint density at radius 2 is 1.67 bits per heavy atom. The van der Waals surface area contributed by atoms with Gasteiger partial charge in [-0.05, 0) is 36.2 Å². The van der Waals surface area contributed by atoms with Gasteiger partial charge in [0.25, 0.3) is 5.91 Å². The number of aliphatic carboxylic acids is 1. The second-order valence-corrected chi connectivity index (χ2v) is 6.47. The zero-order valence-corrected chi connectivity index (χ0v) is 14.1. The highest BCUT2D eigenvalue weighted by atomic mass is 79.9. The standard InChI is InChI=1S/C18H14BrNO4/c19-12-8-6-11(7-9-12)16-14(10-15(21)22)17(23)18(24)20(16)13-4-2-1-3-5-13/h1-9,14,16H,10H2,(H,21,22)/p-1/t14-,16-/m1/s1. The van der Waals surface area contributed by atoms with Crippen molar-refractivity contribution in [1.29, 1.82) is 0 Å². The van der Waals surface area contributed by atoms with Crippen LogP contribution in [0.3, 0.4) is 0 Å². The van der Waals surface area contributed by atoms with Gasteiger partial charge in [0.15, 0.2) is 0 Å². The van der Waals surface area contributed by atoms with E-state index in [0.29, 0.717) is 11.3 Å². The molecule has 1 heterocycles. The summed E-state index contributed by atoms with van der Waals surface area (Å²) in [6.07, 6.45) is -0.491. The third kappa shape index (κ3) is 2.97. The van der Waals surface area contributed by atoms with E-state index in [4.69, 9.17) is 0 Å². The van der Waals surface area contributed by atoms with Crippen LogP contribution in [0, 0.1) is 5.92 Å². The summed E-state index contributed by atoms with van der Waals surface area (Å²) < 4.78 is 0.851. The first-order chi connectivity index (χ1) is 11.5. The van der Waals surface area contributed by atoms with Crippen LogP contribution in [0.2, 0.25) is 0 Å². The number of Topliss-reactive ketones (excluding diaryl/α,β-unsaturated/α-hetero) is 1. The number of nitrogens with zero attached hydrogens (tertiary/aromatic N) is 1. The molecule has 2 atom stereocenters. The maximum atomic E-state index is 12.5. The number of hydrogen-bond acceptors (Lipinski definition) is 4. The molecule has 3 rings (SSSR count). The second-order valence-electron chi connectivity index (χ2n) is 5.55. The number of carboxylic acid groups (broad SMARTS) is 1. The second kappa shape index (κ2) is 6.57. The highest BCUT2D eigenvalue weighted by molar-refractivity contribution is 9.10. The van der Waals surface area contributed by atoms with Crippen molar-refractivity contribution in [3.8, 4) is 0 Å². The molecule has 24 heavy (non-hydrogen) atoms. The molecule has 1 aliphatic rings. The van der Waals surface area contributed by atoms with E-state index in [1.807, 2.05) is 0 Å². The van der Waals surface area contributed by atoms with Gasteiger partial charge < -0.3 is 9.90 Å². The Balaban J connectivity index is 2.11. The number of ketones is 1. The molecule has 0 unspecified atom stereocenters. The molecule has 6 heteroatoms. The molecular weight excluding hydrogens is 374 g/mol. The zero-order valence-electron chi connectivity index (χ0n) is 12.5. The average molecular weight is 387 g/mol. The SMILES string of the molecule is O=C([O-])C[C@H]1C(=O)C(=O)N(c2ccccc2)[C@@H]1c1ccc(Br)cc1. The van der Waals surface area contributed by atoms with E-state index in [0.717, 1.165) is 4.47 Å². The van der Waals surface area contributed by atoms with Gasteiger partial charge in [-0.3, -0.25) is 14.5 Å². The summed E-state index contributed by atoms with van der Waals surface area (Å²) >= 11 is 3.34. The van der Waals surface area contributed by atoms with Crippen LogP contribution in [-0.2, 0) is 14.4 Å². The van der Waals surface area contributed by atoms with Crippen molar-refractivity contribution in [2.24, 2.45) is 5.92 Å². The van der Waals surface area contributed by atoms with Crippen LogP contribution >= 0.6 is 15.9 Å².